The predicted octanol–water partition coefficient (Wildman–Crippen LogP) is 4.50. The predicted molar refractivity (Wildman–Crippen MR) is 91.4 cm³/mol. The van der Waals surface area contributed by atoms with E-state index in [4.69, 9.17) is 9.47 Å². The van der Waals surface area contributed by atoms with Crippen LogP contribution in [0.4, 0.5) is 0 Å². The zero-order valence-electron chi connectivity index (χ0n) is 13.0. The summed E-state index contributed by atoms with van der Waals surface area (Å²) in [6.07, 6.45) is 0. The van der Waals surface area contributed by atoms with E-state index in [1.54, 1.807) is 6.92 Å². The number of carbonyl (C=O) groups excluding carboxylic acids is 1. The molecule has 0 radical (unpaired) electrons. The van der Waals surface area contributed by atoms with Crippen molar-refractivity contribution in [3.8, 4) is 11.5 Å². The van der Waals surface area contributed by atoms with E-state index in [0.717, 1.165) is 16.5 Å². The Morgan fingerprint density at radius 1 is 0.826 bits per heavy atom. The molecule has 0 aliphatic carbocycles. The molecule has 0 spiro atoms. The number of rotatable bonds is 6. The largest absolute Gasteiger partial charge is 0.490 e. The molecule has 0 N–H and O–H groups in total. The number of Topliss-reactive ketones (excluding diaryl/α,β-unsaturated/α-hetero) is 1. The van der Waals surface area contributed by atoms with Crippen molar-refractivity contribution in [1.82, 2.24) is 0 Å². The van der Waals surface area contributed by atoms with E-state index in [1.165, 1.54) is 0 Å². The first-order valence-corrected chi connectivity index (χ1v) is 7.59. The van der Waals surface area contributed by atoms with Crippen LogP contribution in [0.25, 0.3) is 10.8 Å². The molecular formula is C20H18O3. The lowest BCUT2D eigenvalue weighted by molar-refractivity contribution is 0.101. The van der Waals surface area contributed by atoms with Crippen LogP contribution in [0, 0.1) is 0 Å². The molecule has 0 amide bonds. The van der Waals surface area contributed by atoms with Gasteiger partial charge < -0.3 is 9.47 Å². The van der Waals surface area contributed by atoms with E-state index >= 15 is 0 Å². The van der Waals surface area contributed by atoms with Crippen LogP contribution in [0.2, 0.25) is 0 Å². The van der Waals surface area contributed by atoms with Gasteiger partial charge in [-0.3, -0.25) is 4.79 Å². The van der Waals surface area contributed by atoms with Crippen molar-refractivity contribution in [2.24, 2.45) is 0 Å². The van der Waals surface area contributed by atoms with Crippen LogP contribution in [0.1, 0.15) is 17.3 Å². The number of para-hydroxylation sites is 1. The van der Waals surface area contributed by atoms with Crippen LogP contribution in [-0.2, 0) is 0 Å². The summed E-state index contributed by atoms with van der Waals surface area (Å²) >= 11 is 0. The SMILES string of the molecule is CC(=O)c1ccc2ccccc2c1OCCOc1ccccc1. The van der Waals surface area contributed by atoms with Crippen molar-refractivity contribution < 1.29 is 14.3 Å². The number of fused-ring (bicyclic) bond motifs is 1. The molecule has 0 fully saturated rings. The second kappa shape index (κ2) is 6.97. The van der Waals surface area contributed by atoms with Gasteiger partial charge in [0.15, 0.2) is 5.78 Å². The molecule has 0 aromatic heterocycles. The minimum Gasteiger partial charge on any atom is -0.490 e. The van der Waals surface area contributed by atoms with Gasteiger partial charge in [0.25, 0.3) is 0 Å². The zero-order chi connectivity index (χ0) is 16.1. The minimum absolute atomic E-state index is 0.00488. The van der Waals surface area contributed by atoms with Crippen LogP contribution in [0.5, 0.6) is 11.5 Å². The van der Waals surface area contributed by atoms with Crippen molar-refractivity contribution in [3.63, 3.8) is 0 Å². The molecule has 3 nitrogen and oxygen atoms in total. The summed E-state index contributed by atoms with van der Waals surface area (Å²) < 4.78 is 11.5. The molecule has 23 heavy (non-hydrogen) atoms. The third-order valence-electron chi connectivity index (χ3n) is 3.60. The maximum atomic E-state index is 11.9. The molecule has 3 rings (SSSR count). The fourth-order valence-electron chi connectivity index (χ4n) is 2.50. The highest BCUT2D eigenvalue weighted by atomic mass is 16.5. The Morgan fingerprint density at radius 3 is 2.30 bits per heavy atom. The van der Waals surface area contributed by atoms with Gasteiger partial charge in [-0.15, -0.1) is 0 Å². The molecule has 0 aliphatic rings. The molecule has 0 heterocycles. The molecule has 3 aromatic rings. The molecule has 0 aliphatic heterocycles. The van der Waals surface area contributed by atoms with Gasteiger partial charge in [-0.25, -0.2) is 0 Å². The molecule has 116 valence electrons. The maximum absolute atomic E-state index is 11.9. The summed E-state index contributed by atoms with van der Waals surface area (Å²) in [6.45, 7) is 2.35. The van der Waals surface area contributed by atoms with E-state index in [-0.39, 0.29) is 5.78 Å². The summed E-state index contributed by atoms with van der Waals surface area (Å²) in [5, 5.41) is 2.00. The number of carbonyl (C=O) groups is 1. The Hall–Kier alpha value is -2.81. The highest BCUT2D eigenvalue weighted by Crippen LogP contribution is 2.30. The normalized spacial score (nSPS) is 10.5. The second-order valence-corrected chi connectivity index (χ2v) is 5.23. The van der Waals surface area contributed by atoms with Crippen LogP contribution in [0.15, 0.2) is 66.7 Å². The molecule has 3 heteroatoms. The lowest BCUT2D eigenvalue weighted by Crippen LogP contribution is -2.11. The summed E-state index contributed by atoms with van der Waals surface area (Å²) in [7, 11) is 0. The van der Waals surface area contributed by atoms with Crippen molar-refractivity contribution in [2.45, 2.75) is 6.92 Å². The van der Waals surface area contributed by atoms with Gasteiger partial charge in [0, 0.05) is 5.39 Å². The van der Waals surface area contributed by atoms with Gasteiger partial charge in [-0.05, 0) is 30.5 Å². The summed E-state index contributed by atoms with van der Waals surface area (Å²) in [5.41, 5.74) is 0.600. The van der Waals surface area contributed by atoms with Crippen molar-refractivity contribution in [3.05, 3.63) is 72.3 Å². The summed E-state index contributed by atoms with van der Waals surface area (Å²) in [4.78, 5) is 11.9. The van der Waals surface area contributed by atoms with Gasteiger partial charge in [-0.1, -0.05) is 48.5 Å². The topological polar surface area (TPSA) is 35.5 Å². The Bertz CT molecular complexity index is 809. The fraction of sp³-hybridized carbons (Fsp3) is 0.150. The third kappa shape index (κ3) is 3.51. The van der Waals surface area contributed by atoms with E-state index in [2.05, 4.69) is 0 Å². The highest BCUT2D eigenvalue weighted by molar-refractivity contribution is 6.03. The van der Waals surface area contributed by atoms with Gasteiger partial charge >= 0.3 is 0 Å². The van der Waals surface area contributed by atoms with Crippen LogP contribution >= 0.6 is 0 Å². The van der Waals surface area contributed by atoms with E-state index < -0.39 is 0 Å². The number of ketones is 1. The molecule has 3 aromatic carbocycles. The Kier molecular flexibility index (Phi) is 4.57. The van der Waals surface area contributed by atoms with Crippen molar-refractivity contribution >= 4 is 16.6 Å². The number of benzene rings is 3. The average molecular weight is 306 g/mol. The van der Waals surface area contributed by atoms with E-state index in [0.29, 0.717) is 24.5 Å². The Labute approximate surface area is 135 Å². The lowest BCUT2D eigenvalue weighted by Gasteiger charge is -2.13. The maximum Gasteiger partial charge on any atom is 0.163 e. The number of hydrogen-bond donors (Lipinski definition) is 0. The average Bonchev–Trinajstić information content (AvgIpc) is 2.59. The first-order chi connectivity index (χ1) is 11.3. The highest BCUT2D eigenvalue weighted by Gasteiger charge is 2.12. The molecular weight excluding hydrogens is 288 g/mol. The Morgan fingerprint density at radius 2 is 1.52 bits per heavy atom. The van der Waals surface area contributed by atoms with Gasteiger partial charge in [0.2, 0.25) is 0 Å². The lowest BCUT2D eigenvalue weighted by atomic mass is 10.0. The van der Waals surface area contributed by atoms with Gasteiger partial charge in [-0.2, -0.15) is 0 Å². The van der Waals surface area contributed by atoms with Crippen LogP contribution in [0.3, 0.4) is 0 Å². The van der Waals surface area contributed by atoms with E-state index in [9.17, 15) is 4.79 Å². The quantitative estimate of drug-likeness (QED) is 0.497. The smallest absolute Gasteiger partial charge is 0.163 e. The van der Waals surface area contributed by atoms with Gasteiger partial charge in [0.05, 0.1) is 5.56 Å². The monoisotopic (exact) mass is 306 g/mol. The molecule has 0 unspecified atom stereocenters. The molecule has 0 atom stereocenters. The van der Waals surface area contributed by atoms with Crippen molar-refractivity contribution in [2.75, 3.05) is 13.2 Å². The van der Waals surface area contributed by atoms with Crippen LogP contribution in [-0.4, -0.2) is 19.0 Å². The minimum atomic E-state index is -0.00488. The number of hydrogen-bond acceptors (Lipinski definition) is 3. The molecule has 0 saturated carbocycles. The molecule has 0 bridgehead atoms. The third-order valence-corrected chi connectivity index (χ3v) is 3.60. The zero-order valence-corrected chi connectivity index (χ0v) is 13.0. The summed E-state index contributed by atoms with van der Waals surface area (Å²) in [6, 6.07) is 21.2. The number of ether oxygens (including phenoxy) is 2. The second-order valence-electron chi connectivity index (χ2n) is 5.23. The fourth-order valence-corrected chi connectivity index (χ4v) is 2.50. The first kappa shape index (κ1) is 15.1. The Balaban J connectivity index is 1.76. The van der Waals surface area contributed by atoms with Crippen molar-refractivity contribution in [1.29, 1.82) is 0 Å². The summed E-state index contributed by atoms with van der Waals surface area (Å²) in [5.74, 6) is 1.43. The van der Waals surface area contributed by atoms with Gasteiger partial charge in [0.1, 0.15) is 24.7 Å². The molecule has 0 saturated heterocycles. The first-order valence-electron chi connectivity index (χ1n) is 7.59. The standard InChI is InChI=1S/C20H18O3/c1-15(21)18-12-11-16-7-5-6-10-19(16)20(18)23-14-13-22-17-8-3-2-4-9-17/h2-12H,13-14H2,1H3. The van der Waals surface area contributed by atoms with E-state index in [1.807, 2.05) is 66.7 Å². The van der Waals surface area contributed by atoms with Crippen LogP contribution < -0.4 is 9.47 Å².